The van der Waals surface area contributed by atoms with Gasteiger partial charge in [0.2, 0.25) is 0 Å². The number of allylic oxidation sites excluding steroid dienone is 1. The number of hydrogen-bond acceptors (Lipinski definition) is 8. The predicted molar refractivity (Wildman–Crippen MR) is 170 cm³/mol. The minimum Gasteiger partial charge on any atom is -0.497 e. The first-order chi connectivity index (χ1) is 19.8. The second kappa shape index (κ2) is 12.3. The van der Waals surface area contributed by atoms with E-state index in [2.05, 4.69) is 23.2 Å². The first-order valence-corrected chi connectivity index (χ1v) is 15.0. The molecule has 9 heteroatoms. The fourth-order valence-electron chi connectivity index (χ4n) is 4.77. The van der Waals surface area contributed by atoms with Gasteiger partial charge in [-0.15, -0.1) is 0 Å². The zero-order valence-corrected chi connectivity index (χ0v) is 25.4. The van der Waals surface area contributed by atoms with Gasteiger partial charge in [-0.25, -0.2) is 4.99 Å². The van der Waals surface area contributed by atoms with E-state index in [0.717, 1.165) is 38.2 Å². The van der Waals surface area contributed by atoms with E-state index in [9.17, 15) is 9.59 Å². The highest BCUT2D eigenvalue weighted by Crippen LogP contribution is 2.50. The van der Waals surface area contributed by atoms with Gasteiger partial charge in [-0.05, 0) is 68.4 Å². The van der Waals surface area contributed by atoms with Crippen molar-refractivity contribution in [1.82, 2.24) is 9.80 Å². The Labute approximate surface area is 249 Å². The molecule has 3 aromatic carbocycles. The predicted octanol–water partition coefficient (Wildman–Crippen LogP) is 7.33. The van der Waals surface area contributed by atoms with Crippen LogP contribution in [0, 0.1) is 0 Å². The fraction of sp³-hybridized carbons (Fsp3) is 0.219. The van der Waals surface area contributed by atoms with Gasteiger partial charge in [0.25, 0.3) is 5.91 Å². The van der Waals surface area contributed by atoms with Gasteiger partial charge in [-0.2, -0.15) is 0 Å². The second-order valence-electron chi connectivity index (χ2n) is 9.62. The number of anilines is 1. The lowest BCUT2D eigenvalue weighted by atomic mass is 10.1. The zero-order valence-electron chi connectivity index (χ0n) is 23.7. The highest BCUT2D eigenvalue weighted by Gasteiger charge is 2.39. The number of thioether (sulfide) groups is 2. The third kappa shape index (κ3) is 5.92. The van der Waals surface area contributed by atoms with Gasteiger partial charge in [-0.1, -0.05) is 54.2 Å². The Hall–Kier alpha value is -3.95. The van der Waals surface area contributed by atoms with E-state index >= 15 is 0 Å². The second-order valence-corrected chi connectivity index (χ2v) is 11.8. The molecule has 5 rings (SSSR count). The van der Waals surface area contributed by atoms with Crippen LogP contribution in [0.3, 0.4) is 0 Å². The summed E-state index contributed by atoms with van der Waals surface area (Å²) in [5, 5.41) is 4.77. The van der Waals surface area contributed by atoms with Crippen molar-refractivity contribution in [3.05, 3.63) is 104 Å². The average molecular weight is 585 g/mol. The Morgan fingerprint density at radius 2 is 1.80 bits per heavy atom. The number of amidine groups is 1. The van der Waals surface area contributed by atoms with Crippen LogP contribution in [0.1, 0.15) is 42.3 Å². The highest BCUT2D eigenvalue weighted by molar-refractivity contribution is 8.19. The van der Waals surface area contributed by atoms with Gasteiger partial charge in [0.1, 0.15) is 10.7 Å². The Kier molecular flexibility index (Phi) is 8.56. The summed E-state index contributed by atoms with van der Waals surface area (Å²) in [5.41, 5.74) is 5.07. The number of hydrogen-bond donors (Lipinski definition) is 1. The van der Waals surface area contributed by atoms with Crippen LogP contribution in [0.15, 0.2) is 92.6 Å². The Morgan fingerprint density at radius 3 is 2.51 bits per heavy atom. The van der Waals surface area contributed by atoms with Crippen molar-refractivity contribution in [2.75, 3.05) is 26.0 Å². The number of carbonyl (C=O) groups excluding carboxylic acids is 2. The summed E-state index contributed by atoms with van der Waals surface area (Å²) in [5.74, 6) is 0.643. The summed E-state index contributed by atoms with van der Waals surface area (Å²) in [6.45, 7) is 6.71. The van der Waals surface area contributed by atoms with Gasteiger partial charge in [0, 0.05) is 29.6 Å². The smallest absolute Gasteiger partial charge is 0.269 e. The van der Waals surface area contributed by atoms with E-state index in [1.165, 1.54) is 11.8 Å². The largest absolute Gasteiger partial charge is 0.497 e. The summed E-state index contributed by atoms with van der Waals surface area (Å²) in [4.78, 5) is 36.8. The summed E-state index contributed by atoms with van der Waals surface area (Å²) >= 11 is 2.96. The Bertz CT molecular complexity index is 1600. The van der Waals surface area contributed by atoms with E-state index < -0.39 is 0 Å². The molecule has 1 amide bonds. The van der Waals surface area contributed by atoms with E-state index in [1.807, 2.05) is 68.6 Å². The van der Waals surface area contributed by atoms with E-state index in [1.54, 1.807) is 42.8 Å². The number of nitrogens with one attached hydrogen (secondary N) is 1. The van der Waals surface area contributed by atoms with Gasteiger partial charge < -0.3 is 15.0 Å². The maximum atomic E-state index is 14.1. The number of carbonyl (C=O) groups is 2. The summed E-state index contributed by atoms with van der Waals surface area (Å²) < 4.78 is 5.45. The molecule has 0 unspecified atom stereocenters. The van der Waals surface area contributed by atoms with E-state index in [4.69, 9.17) is 9.73 Å². The monoisotopic (exact) mass is 584 g/mol. The van der Waals surface area contributed by atoms with E-state index in [-0.39, 0.29) is 11.7 Å². The summed E-state index contributed by atoms with van der Waals surface area (Å²) in [6.07, 6.45) is 0. The van der Waals surface area contributed by atoms with Crippen LogP contribution >= 0.6 is 23.5 Å². The molecule has 3 aromatic rings. The molecule has 2 heterocycles. The molecule has 0 atom stereocenters. The molecule has 41 heavy (non-hydrogen) atoms. The molecule has 7 nitrogen and oxygen atoms in total. The van der Waals surface area contributed by atoms with Crippen LogP contribution in [0.25, 0.3) is 5.70 Å². The van der Waals surface area contributed by atoms with Crippen molar-refractivity contribution in [2.24, 2.45) is 4.99 Å². The van der Waals surface area contributed by atoms with Crippen molar-refractivity contribution < 1.29 is 14.3 Å². The molecule has 0 saturated carbocycles. The van der Waals surface area contributed by atoms with Crippen molar-refractivity contribution >= 4 is 57.5 Å². The number of Topliss-reactive ketones (excluding diaryl/α,β-unsaturated/α-hetero) is 1. The number of ether oxygens (including phenoxy) is 1. The maximum absolute atomic E-state index is 14.1. The molecule has 210 valence electrons. The molecule has 0 aliphatic carbocycles. The lowest BCUT2D eigenvalue weighted by Gasteiger charge is -2.20. The van der Waals surface area contributed by atoms with Gasteiger partial charge in [0.05, 0.1) is 35.8 Å². The molecular weight excluding hydrogens is 553 g/mol. The molecule has 0 aromatic heterocycles. The number of aliphatic imine (C=N–C) groups is 1. The molecule has 0 spiro atoms. The van der Waals surface area contributed by atoms with Crippen molar-refractivity contribution in [2.45, 2.75) is 27.3 Å². The number of ketones is 1. The third-order valence-corrected chi connectivity index (χ3v) is 9.16. The number of benzene rings is 3. The molecule has 2 aliphatic heterocycles. The van der Waals surface area contributed by atoms with Gasteiger partial charge >= 0.3 is 0 Å². The topological polar surface area (TPSA) is 74.2 Å². The standard InChI is InChI=1S/C32H32N4O3S2/c1-6-33-26-16-15-23(20(2)37)18-27(26)34-32-36(19-22-11-8-7-9-12-22)30(38)29(41-32)31-35(4)28(21(3)40-31)24-13-10-14-25(17-24)39-5/h7-18,33H,6,19H2,1-5H3/b31-29-,34-32?. The molecular formula is C32H32N4O3S2. The summed E-state index contributed by atoms with van der Waals surface area (Å²) in [7, 11) is 3.65. The summed E-state index contributed by atoms with van der Waals surface area (Å²) in [6, 6.07) is 23.3. The Balaban J connectivity index is 1.58. The number of rotatable bonds is 8. The molecule has 0 bridgehead atoms. The molecule has 1 saturated heterocycles. The first-order valence-electron chi connectivity index (χ1n) is 13.3. The highest BCUT2D eigenvalue weighted by atomic mass is 32.2. The quantitative estimate of drug-likeness (QED) is 0.220. The molecule has 1 fully saturated rings. The van der Waals surface area contributed by atoms with Crippen molar-refractivity contribution in [3.63, 3.8) is 0 Å². The number of nitrogens with zero attached hydrogens (tertiary/aromatic N) is 3. The van der Waals surface area contributed by atoms with Crippen molar-refractivity contribution in [1.29, 1.82) is 0 Å². The Morgan fingerprint density at radius 1 is 1.02 bits per heavy atom. The SMILES string of the molecule is CCNc1ccc(C(C)=O)cc1N=C1S/C(=C2\SC(C)=C(c3cccc(OC)c3)N2C)C(=O)N1Cc1ccccc1. The van der Waals surface area contributed by atoms with Crippen LogP contribution in [0.5, 0.6) is 5.75 Å². The van der Waals surface area contributed by atoms with Crippen LogP contribution < -0.4 is 10.1 Å². The molecule has 0 radical (unpaired) electrons. The van der Waals surface area contributed by atoms with Crippen molar-refractivity contribution in [3.8, 4) is 5.75 Å². The molecule has 1 N–H and O–H groups in total. The van der Waals surface area contributed by atoms with Crippen LogP contribution in [0.4, 0.5) is 11.4 Å². The van der Waals surface area contributed by atoms with Crippen LogP contribution in [-0.4, -0.2) is 47.4 Å². The van der Waals surface area contributed by atoms with Gasteiger partial charge in [0.15, 0.2) is 11.0 Å². The number of amides is 1. The maximum Gasteiger partial charge on any atom is 0.269 e. The number of methoxy groups -OCH3 is 1. The minimum absolute atomic E-state index is 0.0378. The lowest BCUT2D eigenvalue weighted by Crippen LogP contribution is -2.29. The van der Waals surface area contributed by atoms with Crippen LogP contribution in [-0.2, 0) is 11.3 Å². The minimum atomic E-state index is -0.0978. The van der Waals surface area contributed by atoms with Gasteiger partial charge in [-0.3, -0.25) is 14.5 Å². The lowest BCUT2D eigenvalue weighted by molar-refractivity contribution is -0.122. The fourth-order valence-corrected chi connectivity index (χ4v) is 7.08. The normalized spacial score (nSPS) is 18.1. The van der Waals surface area contributed by atoms with E-state index in [0.29, 0.717) is 34.4 Å². The van der Waals surface area contributed by atoms with Crippen LogP contribution in [0.2, 0.25) is 0 Å². The molecule has 2 aliphatic rings. The zero-order chi connectivity index (χ0) is 29.1. The first kappa shape index (κ1) is 28.6. The average Bonchev–Trinajstić information content (AvgIpc) is 3.44. The third-order valence-electron chi connectivity index (χ3n) is 6.80.